The summed E-state index contributed by atoms with van der Waals surface area (Å²) in [6.07, 6.45) is 6.01. The van der Waals surface area contributed by atoms with Crippen LogP contribution in [0.4, 0.5) is 4.79 Å². The third-order valence-corrected chi connectivity index (χ3v) is 4.28. The fraction of sp³-hybridized carbons (Fsp3) is 0.857. The van der Waals surface area contributed by atoms with Crippen molar-refractivity contribution >= 4 is 11.9 Å². The first-order chi connectivity index (χ1) is 9.65. The van der Waals surface area contributed by atoms with Crippen molar-refractivity contribution in [1.82, 2.24) is 15.1 Å². The Bertz CT molecular complexity index is 334. The van der Waals surface area contributed by atoms with E-state index in [1.165, 1.54) is 6.42 Å². The second-order valence-corrected chi connectivity index (χ2v) is 5.82. The summed E-state index contributed by atoms with van der Waals surface area (Å²) in [5.74, 6) is 0.294. The average Bonchev–Trinajstić information content (AvgIpc) is 2.46. The van der Waals surface area contributed by atoms with Crippen molar-refractivity contribution in [3.8, 4) is 0 Å². The van der Waals surface area contributed by atoms with Gasteiger partial charge in [0.15, 0.2) is 0 Å². The standard InChI is InChI=1S/C14H26N4O2/c15-14(20)16-12-4-9-17(10-5-12)11-6-13(19)18-7-2-1-3-8-18/h12H,1-11H2,(H3,15,16,20). The van der Waals surface area contributed by atoms with Crippen LogP contribution < -0.4 is 11.1 Å². The van der Waals surface area contributed by atoms with Crippen molar-refractivity contribution in [2.75, 3.05) is 32.7 Å². The Hall–Kier alpha value is -1.30. The molecule has 0 unspecified atom stereocenters. The Kier molecular flexibility index (Phi) is 5.64. The molecule has 114 valence electrons. The molecular formula is C14H26N4O2. The summed E-state index contributed by atoms with van der Waals surface area (Å²) in [6, 6.07) is -0.245. The van der Waals surface area contributed by atoms with Gasteiger partial charge in [-0.2, -0.15) is 0 Å². The van der Waals surface area contributed by atoms with Crippen molar-refractivity contribution in [2.24, 2.45) is 5.73 Å². The van der Waals surface area contributed by atoms with Crippen LogP contribution in [0.25, 0.3) is 0 Å². The lowest BCUT2D eigenvalue weighted by atomic mass is 10.0. The number of piperidine rings is 2. The quantitative estimate of drug-likeness (QED) is 0.789. The second-order valence-electron chi connectivity index (χ2n) is 5.82. The summed E-state index contributed by atoms with van der Waals surface area (Å²) in [5, 5.41) is 2.76. The highest BCUT2D eigenvalue weighted by Crippen LogP contribution is 2.13. The SMILES string of the molecule is NC(=O)NC1CCN(CCC(=O)N2CCCCC2)CC1. The minimum atomic E-state index is -0.441. The molecule has 2 saturated heterocycles. The van der Waals surface area contributed by atoms with E-state index >= 15 is 0 Å². The molecule has 2 fully saturated rings. The molecule has 6 nitrogen and oxygen atoms in total. The van der Waals surface area contributed by atoms with E-state index in [0.29, 0.717) is 12.3 Å². The molecule has 6 heteroatoms. The monoisotopic (exact) mass is 282 g/mol. The van der Waals surface area contributed by atoms with Crippen LogP contribution in [-0.2, 0) is 4.79 Å². The van der Waals surface area contributed by atoms with Crippen molar-refractivity contribution in [3.63, 3.8) is 0 Å². The van der Waals surface area contributed by atoms with E-state index in [1.54, 1.807) is 0 Å². The van der Waals surface area contributed by atoms with E-state index in [-0.39, 0.29) is 6.04 Å². The summed E-state index contributed by atoms with van der Waals surface area (Å²) in [6.45, 7) is 4.56. The zero-order valence-corrected chi connectivity index (χ0v) is 12.1. The second kappa shape index (κ2) is 7.47. The normalized spacial score (nSPS) is 21.7. The lowest BCUT2D eigenvalue weighted by Gasteiger charge is -2.33. The molecule has 2 aliphatic heterocycles. The van der Waals surface area contributed by atoms with Gasteiger partial charge in [-0.15, -0.1) is 0 Å². The first kappa shape index (κ1) is 15.1. The Labute approximate surface area is 120 Å². The Morgan fingerprint density at radius 1 is 1.05 bits per heavy atom. The van der Waals surface area contributed by atoms with Gasteiger partial charge < -0.3 is 20.9 Å². The van der Waals surface area contributed by atoms with Gasteiger partial charge in [-0.25, -0.2) is 4.79 Å². The molecule has 0 aromatic heterocycles. The highest BCUT2D eigenvalue weighted by Gasteiger charge is 2.21. The first-order valence-corrected chi connectivity index (χ1v) is 7.71. The van der Waals surface area contributed by atoms with Crippen LogP contribution in [0.3, 0.4) is 0 Å². The minimum absolute atomic E-state index is 0.196. The van der Waals surface area contributed by atoms with Gasteiger partial charge in [-0.05, 0) is 32.1 Å². The Morgan fingerprint density at radius 3 is 2.30 bits per heavy atom. The summed E-state index contributed by atoms with van der Waals surface area (Å²) >= 11 is 0. The largest absolute Gasteiger partial charge is 0.352 e. The van der Waals surface area contributed by atoms with Crippen LogP contribution in [0.1, 0.15) is 38.5 Å². The number of hydrogen-bond donors (Lipinski definition) is 2. The third kappa shape index (κ3) is 4.67. The number of primary amides is 1. The highest BCUT2D eigenvalue weighted by atomic mass is 16.2. The number of rotatable bonds is 4. The molecule has 20 heavy (non-hydrogen) atoms. The van der Waals surface area contributed by atoms with Gasteiger partial charge in [0.05, 0.1) is 0 Å². The number of carbonyl (C=O) groups is 2. The van der Waals surface area contributed by atoms with Gasteiger partial charge in [0.2, 0.25) is 5.91 Å². The average molecular weight is 282 g/mol. The van der Waals surface area contributed by atoms with Crippen LogP contribution in [0.5, 0.6) is 0 Å². The molecule has 0 saturated carbocycles. The molecule has 2 aliphatic rings. The predicted octanol–water partition coefficient (Wildman–Crippen LogP) is 0.522. The van der Waals surface area contributed by atoms with Crippen molar-refractivity contribution < 1.29 is 9.59 Å². The number of nitrogens with one attached hydrogen (secondary N) is 1. The van der Waals surface area contributed by atoms with Gasteiger partial charge in [0, 0.05) is 45.2 Å². The van der Waals surface area contributed by atoms with Gasteiger partial charge in [-0.3, -0.25) is 4.79 Å². The molecule has 0 aliphatic carbocycles. The van der Waals surface area contributed by atoms with Gasteiger partial charge in [-0.1, -0.05) is 0 Å². The summed E-state index contributed by atoms with van der Waals surface area (Å²) in [5.41, 5.74) is 5.13. The number of nitrogens with two attached hydrogens (primary N) is 1. The summed E-state index contributed by atoms with van der Waals surface area (Å²) < 4.78 is 0. The van der Waals surface area contributed by atoms with Crippen molar-refractivity contribution in [3.05, 3.63) is 0 Å². The summed E-state index contributed by atoms with van der Waals surface area (Å²) in [4.78, 5) is 27.2. The van der Waals surface area contributed by atoms with E-state index in [9.17, 15) is 9.59 Å². The number of amides is 3. The molecule has 0 aromatic rings. The number of urea groups is 1. The molecule has 2 rings (SSSR count). The van der Waals surface area contributed by atoms with E-state index in [4.69, 9.17) is 5.73 Å². The molecule has 0 bridgehead atoms. The Balaban J connectivity index is 1.63. The first-order valence-electron chi connectivity index (χ1n) is 7.71. The molecule has 0 aromatic carbocycles. The van der Waals surface area contributed by atoms with E-state index in [0.717, 1.165) is 58.4 Å². The van der Waals surface area contributed by atoms with Crippen LogP contribution in [-0.4, -0.2) is 60.5 Å². The predicted molar refractivity (Wildman–Crippen MR) is 77.2 cm³/mol. The molecule has 3 N–H and O–H groups in total. The Morgan fingerprint density at radius 2 is 1.70 bits per heavy atom. The lowest BCUT2D eigenvalue weighted by Crippen LogP contribution is -2.47. The van der Waals surface area contributed by atoms with E-state index in [1.807, 2.05) is 4.90 Å². The van der Waals surface area contributed by atoms with E-state index < -0.39 is 6.03 Å². The highest BCUT2D eigenvalue weighted by molar-refractivity contribution is 5.76. The number of hydrogen-bond acceptors (Lipinski definition) is 3. The lowest BCUT2D eigenvalue weighted by molar-refractivity contribution is -0.132. The van der Waals surface area contributed by atoms with Crippen molar-refractivity contribution in [1.29, 1.82) is 0 Å². The maximum Gasteiger partial charge on any atom is 0.312 e. The van der Waals surface area contributed by atoms with Crippen molar-refractivity contribution in [2.45, 2.75) is 44.6 Å². The zero-order valence-electron chi connectivity index (χ0n) is 12.1. The smallest absolute Gasteiger partial charge is 0.312 e. The van der Waals surface area contributed by atoms with Crippen LogP contribution in [0.15, 0.2) is 0 Å². The molecular weight excluding hydrogens is 256 g/mol. The van der Waals surface area contributed by atoms with Gasteiger partial charge >= 0.3 is 6.03 Å². The molecule has 0 spiro atoms. The topological polar surface area (TPSA) is 78.7 Å². The number of nitrogens with zero attached hydrogens (tertiary/aromatic N) is 2. The summed E-state index contributed by atoms with van der Waals surface area (Å²) in [7, 11) is 0. The maximum atomic E-state index is 12.1. The number of carbonyl (C=O) groups excluding carboxylic acids is 2. The van der Waals surface area contributed by atoms with E-state index in [2.05, 4.69) is 10.2 Å². The van der Waals surface area contributed by atoms with Gasteiger partial charge in [0.25, 0.3) is 0 Å². The van der Waals surface area contributed by atoms with Gasteiger partial charge in [0.1, 0.15) is 0 Å². The van der Waals surface area contributed by atoms with Crippen LogP contribution in [0.2, 0.25) is 0 Å². The molecule has 3 amide bonds. The maximum absolute atomic E-state index is 12.1. The minimum Gasteiger partial charge on any atom is -0.352 e. The zero-order chi connectivity index (χ0) is 14.4. The fourth-order valence-electron chi connectivity index (χ4n) is 3.06. The third-order valence-electron chi connectivity index (χ3n) is 4.28. The van der Waals surface area contributed by atoms with Crippen LogP contribution >= 0.6 is 0 Å². The fourth-order valence-corrected chi connectivity index (χ4v) is 3.06. The molecule has 2 heterocycles. The molecule has 0 atom stereocenters. The molecule has 0 radical (unpaired) electrons. The number of likely N-dealkylation sites (tertiary alicyclic amines) is 2. The van der Waals surface area contributed by atoms with Crippen LogP contribution in [0, 0.1) is 0 Å².